The van der Waals surface area contributed by atoms with Gasteiger partial charge >= 0.3 is 10.1 Å². The van der Waals surface area contributed by atoms with Gasteiger partial charge in [0.2, 0.25) is 0 Å². The molecule has 17 heavy (non-hydrogen) atoms. The van der Waals surface area contributed by atoms with Crippen LogP contribution in [-0.4, -0.2) is 21.3 Å². The average molecular weight is 260 g/mol. The lowest BCUT2D eigenvalue weighted by atomic mass is 10.1. The van der Waals surface area contributed by atoms with Gasteiger partial charge in [-0.05, 0) is 25.0 Å². The third kappa shape index (κ3) is 3.17. The summed E-state index contributed by atoms with van der Waals surface area (Å²) in [5, 5.41) is 0. The fraction of sp³-hybridized carbons (Fsp3) is 0.455. The van der Waals surface area contributed by atoms with Crippen LogP contribution in [0.4, 0.5) is 4.39 Å². The zero-order valence-corrected chi connectivity index (χ0v) is 10.2. The number of benzene rings is 1. The molecule has 0 aromatic heterocycles. The summed E-state index contributed by atoms with van der Waals surface area (Å²) in [4.78, 5) is 0. The van der Waals surface area contributed by atoms with Crippen molar-refractivity contribution in [1.82, 2.24) is 0 Å². The lowest BCUT2D eigenvalue weighted by molar-refractivity contribution is 0.110. The number of halogens is 1. The van der Waals surface area contributed by atoms with Gasteiger partial charge in [-0.25, -0.2) is 4.39 Å². The SMILES string of the molecule is CS(=O)(=O)Oc1cc(F)ccc1C1CCCO1. The molecule has 1 unspecified atom stereocenters. The van der Waals surface area contributed by atoms with E-state index in [2.05, 4.69) is 0 Å². The van der Waals surface area contributed by atoms with E-state index in [1.54, 1.807) is 0 Å². The summed E-state index contributed by atoms with van der Waals surface area (Å²) in [6, 6.07) is 3.84. The minimum atomic E-state index is -3.67. The van der Waals surface area contributed by atoms with Gasteiger partial charge in [-0.15, -0.1) is 0 Å². The summed E-state index contributed by atoms with van der Waals surface area (Å²) < 4.78 is 45.5. The summed E-state index contributed by atoms with van der Waals surface area (Å²) in [6.07, 6.45) is 2.40. The molecule has 94 valence electrons. The first-order chi connectivity index (χ1) is 7.96. The van der Waals surface area contributed by atoms with E-state index in [4.69, 9.17) is 8.92 Å². The quantitative estimate of drug-likeness (QED) is 0.780. The Kier molecular flexibility index (Phi) is 3.35. The Morgan fingerprint density at radius 1 is 1.47 bits per heavy atom. The molecule has 6 heteroatoms. The van der Waals surface area contributed by atoms with Crippen molar-refractivity contribution in [1.29, 1.82) is 0 Å². The highest BCUT2D eigenvalue weighted by atomic mass is 32.2. The maximum absolute atomic E-state index is 13.1. The van der Waals surface area contributed by atoms with Crippen molar-refractivity contribution in [3.8, 4) is 5.75 Å². The fourth-order valence-corrected chi connectivity index (χ4v) is 2.30. The smallest absolute Gasteiger partial charge is 0.306 e. The van der Waals surface area contributed by atoms with Gasteiger partial charge in [0.1, 0.15) is 5.82 Å². The number of hydrogen-bond donors (Lipinski definition) is 0. The molecular weight excluding hydrogens is 247 g/mol. The Morgan fingerprint density at radius 3 is 2.82 bits per heavy atom. The van der Waals surface area contributed by atoms with Crippen LogP contribution in [0.15, 0.2) is 18.2 Å². The molecule has 0 spiro atoms. The van der Waals surface area contributed by atoms with E-state index in [9.17, 15) is 12.8 Å². The lowest BCUT2D eigenvalue weighted by Crippen LogP contribution is -2.09. The molecule has 1 aromatic carbocycles. The van der Waals surface area contributed by atoms with E-state index in [1.807, 2.05) is 0 Å². The van der Waals surface area contributed by atoms with Crippen molar-refractivity contribution in [2.45, 2.75) is 18.9 Å². The van der Waals surface area contributed by atoms with Gasteiger partial charge in [0.15, 0.2) is 5.75 Å². The summed E-state index contributed by atoms with van der Waals surface area (Å²) in [5.41, 5.74) is 0.578. The highest BCUT2D eigenvalue weighted by Gasteiger charge is 2.23. The third-order valence-electron chi connectivity index (χ3n) is 2.49. The summed E-state index contributed by atoms with van der Waals surface area (Å²) in [7, 11) is -3.67. The van der Waals surface area contributed by atoms with Crippen LogP contribution in [0.1, 0.15) is 24.5 Å². The summed E-state index contributed by atoms with van der Waals surface area (Å²) in [5.74, 6) is -0.523. The van der Waals surface area contributed by atoms with Gasteiger partial charge < -0.3 is 8.92 Å². The maximum Gasteiger partial charge on any atom is 0.306 e. The molecule has 0 aliphatic carbocycles. The first-order valence-electron chi connectivity index (χ1n) is 5.26. The highest BCUT2D eigenvalue weighted by Crippen LogP contribution is 2.35. The minimum Gasteiger partial charge on any atom is -0.382 e. The van der Waals surface area contributed by atoms with Crippen LogP contribution in [0.2, 0.25) is 0 Å². The van der Waals surface area contributed by atoms with Crippen molar-refractivity contribution >= 4 is 10.1 Å². The first kappa shape index (κ1) is 12.3. The van der Waals surface area contributed by atoms with E-state index in [-0.39, 0.29) is 11.9 Å². The Labute approximate surface area is 99.5 Å². The molecule has 0 amide bonds. The van der Waals surface area contributed by atoms with Crippen molar-refractivity contribution in [3.63, 3.8) is 0 Å². The van der Waals surface area contributed by atoms with Gasteiger partial charge in [-0.3, -0.25) is 0 Å². The molecule has 2 rings (SSSR count). The Hall–Kier alpha value is -1.14. The van der Waals surface area contributed by atoms with Gasteiger partial charge in [-0.2, -0.15) is 8.42 Å². The Morgan fingerprint density at radius 2 is 2.24 bits per heavy atom. The zero-order valence-electron chi connectivity index (χ0n) is 9.35. The van der Waals surface area contributed by atoms with Gasteiger partial charge in [0.05, 0.1) is 12.4 Å². The largest absolute Gasteiger partial charge is 0.382 e. The Bertz CT molecular complexity index is 506. The maximum atomic E-state index is 13.1. The van der Waals surface area contributed by atoms with Crippen molar-refractivity contribution in [2.24, 2.45) is 0 Å². The van der Waals surface area contributed by atoms with E-state index >= 15 is 0 Å². The van der Waals surface area contributed by atoms with Crippen molar-refractivity contribution in [2.75, 3.05) is 12.9 Å². The first-order valence-corrected chi connectivity index (χ1v) is 7.08. The molecule has 1 aliphatic heterocycles. The molecule has 0 N–H and O–H groups in total. The van der Waals surface area contributed by atoms with Gasteiger partial charge in [-0.1, -0.05) is 0 Å². The average Bonchev–Trinajstić information content (AvgIpc) is 2.68. The fourth-order valence-electron chi connectivity index (χ4n) is 1.83. The molecule has 1 atom stereocenters. The summed E-state index contributed by atoms with van der Waals surface area (Å²) in [6.45, 7) is 0.625. The van der Waals surface area contributed by atoms with Crippen molar-refractivity contribution < 1.29 is 21.7 Å². The third-order valence-corrected chi connectivity index (χ3v) is 2.98. The van der Waals surface area contributed by atoms with Crippen LogP contribution in [-0.2, 0) is 14.9 Å². The van der Waals surface area contributed by atoms with Crippen LogP contribution in [0.5, 0.6) is 5.75 Å². The highest BCUT2D eigenvalue weighted by molar-refractivity contribution is 7.86. The molecular formula is C11H13FO4S. The van der Waals surface area contributed by atoms with E-state index < -0.39 is 15.9 Å². The molecule has 1 heterocycles. The van der Waals surface area contributed by atoms with E-state index in [0.29, 0.717) is 12.2 Å². The molecule has 1 aliphatic rings. The minimum absolute atomic E-state index is 0.0133. The molecule has 1 saturated heterocycles. The molecule has 0 radical (unpaired) electrons. The molecule has 1 aromatic rings. The zero-order chi connectivity index (χ0) is 12.5. The lowest BCUT2D eigenvalue weighted by Gasteiger charge is -2.14. The number of ether oxygens (including phenoxy) is 1. The predicted molar refractivity (Wildman–Crippen MR) is 59.8 cm³/mol. The van der Waals surface area contributed by atoms with Crippen LogP contribution in [0, 0.1) is 5.82 Å². The van der Waals surface area contributed by atoms with Gasteiger partial charge in [0, 0.05) is 18.2 Å². The molecule has 0 bridgehead atoms. The summed E-state index contributed by atoms with van der Waals surface area (Å²) >= 11 is 0. The second kappa shape index (κ2) is 4.62. The van der Waals surface area contributed by atoms with E-state index in [0.717, 1.165) is 25.2 Å². The predicted octanol–water partition coefficient (Wildman–Crippen LogP) is 2.02. The van der Waals surface area contributed by atoms with Crippen LogP contribution >= 0.6 is 0 Å². The molecule has 0 saturated carbocycles. The van der Waals surface area contributed by atoms with Crippen molar-refractivity contribution in [3.05, 3.63) is 29.6 Å². The number of rotatable bonds is 3. The van der Waals surface area contributed by atoms with Crippen LogP contribution in [0.25, 0.3) is 0 Å². The number of hydrogen-bond acceptors (Lipinski definition) is 4. The topological polar surface area (TPSA) is 52.6 Å². The standard InChI is InChI=1S/C11H13FO4S/c1-17(13,14)16-11-7-8(12)4-5-9(11)10-3-2-6-15-10/h4-5,7,10H,2-3,6H2,1H3. The van der Waals surface area contributed by atoms with Gasteiger partial charge in [0.25, 0.3) is 0 Å². The molecule has 1 fully saturated rings. The van der Waals surface area contributed by atoms with E-state index in [1.165, 1.54) is 12.1 Å². The second-order valence-corrected chi connectivity index (χ2v) is 5.55. The van der Waals surface area contributed by atoms with Crippen LogP contribution in [0.3, 0.4) is 0 Å². The Balaban J connectivity index is 2.36. The molecule has 4 nitrogen and oxygen atoms in total. The van der Waals surface area contributed by atoms with Crippen LogP contribution < -0.4 is 4.18 Å². The monoisotopic (exact) mass is 260 g/mol. The normalized spacial score (nSPS) is 20.5. The second-order valence-electron chi connectivity index (χ2n) is 3.97.